The maximum atomic E-state index is 12.8. The molecule has 2 aromatic rings. The Morgan fingerprint density at radius 1 is 1.16 bits per heavy atom. The molecule has 0 bridgehead atoms. The van der Waals surface area contributed by atoms with E-state index in [0.717, 1.165) is 21.2 Å². The summed E-state index contributed by atoms with van der Waals surface area (Å²) in [6.07, 6.45) is 0.936. The summed E-state index contributed by atoms with van der Waals surface area (Å²) in [6.45, 7) is 2.10. The lowest BCUT2D eigenvalue weighted by atomic mass is 10.1. The number of para-hydroxylation sites is 1. The lowest BCUT2D eigenvalue weighted by Gasteiger charge is -2.23. The fourth-order valence-corrected chi connectivity index (χ4v) is 3.26. The van der Waals surface area contributed by atoms with Crippen LogP contribution in [0.25, 0.3) is 0 Å². The summed E-state index contributed by atoms with van der Waals surface area (Å²) in [7, 11) is 0. The van der Waals surface area contributed by atoms with Gasteiger partial charge in [-0.2, -0.15) is 0 Å². The number of hydrogen-bond acceptors (Lipinski definition) is 1. The molecule has 0 radical (unpaired) electrons. The number of amides is 1. The van der Waals surface area contributed by atoms with Crippen LogP contribution >= 0.6 is 22.6 Å². The van der Waals surface area contributed by atoms with Crippen molar-refractivity contribution >= 4 is 34.2 Å². The lowest BCUT2D eigenvalue weighted by Crippen LogP contribution is -2.36. The zero-order valence-corrected chi connectivity index (χ0v) is 12.8. The first kappa shape index (κ1) is 12.7. The Bertz CT molecular complexity index is 638. The molecule has 0 saturated heterocycles. The molecule has 1 atom stereocenters. The minimum absolute atomic E-state index is 0.0995. The van der Waals surface area contributed by atoms with E-state index in [1.54, 1.807) is 0 Å². The van der Waals surface area contributed by atoms with E-state index in [1.165, 1.54) is 5.56 Å². The molecule has 2 nitrogen and oxygen atoms in total. The second kappa shape index (κ2) is 4.96. The van der Waals surface area contributed by atoms with Crippen LogP contribution in [0.4, 0.5) is 5.69 Å². The number of carbonyl (C=O) groups is 1. The summed E-state index contributed by atoms with van der Waals surface area (Å²) in [5.41, 5.74) is 3.10. The minimum Gasteiger partial charge on any atom is -0.305 e. The highest BCUT2D eigenvalue weighted by molar-refractivity contribution is 14.1. The Morgan fingerprint density at radius 2 is 1.84 bits per heavy atom. The van der Waals surface area contributed by atoms with Crippen LogP contribution in [0, 0.1) is 3.57 Å². The van der Waals surface area contributed by atoms with Crippen LogP contribution < -0.4 is 4.90 Å². The molecule has 0 aliphatic carbocycles. The van der Waals surface area contributed by atoms with Crippen molar-refractivity contribution < 1.29 is 4.79 Å². The van der Waals surface area contributed by atoms with Gasteiger partial charge in [-0.05, 0) is 59.7 Å². The van der Waals surface area contributed by atoms with Gasteiger partial charge in [0.15, 0.2) is 0 Å². The first-order chi connectivity index (χ1) is 9.18. The third-order valence-electron chi connectivity index (χ3n) is 3.53. The van der Waals surface area contributed by atoms with E-state index in [9.17, 15) is 4.79 Å². The monoisotopic (exact) mass is 363 g/mol. The van der Waals surface area contributed by atoms with Crippen molar-refractivity contribution in [2.45, 2.75) is 19.4 Å². The summed E-state index contributed by atoms with van der Waals surface area (Å²) < 4.78 is 1.00. The molecular weight excluding hydrogens is 349 g/mol. The molecule has 0 N–H and O–H groups in total. The number of rotatable bonds is 1. The SMILES string of the molecule is CC1Cc2ccccc2N1C(=O)c1ccccc1I. The number of carbonyl (C=O) groups excluding carboxylic acids is 1. The molecule has 1 amide bonds. The van der Waals surface area contributed by atoms with Gasteiger partial charge in [-0.3, -0.25) is 4.79 Å². The van der Waals surface area contributed by atoms with Gasteiger partial charge in [-0.15, -0.1) is 0 Å². The lowest BCUT2D eigenvalue weighted by molar-refractivity contribution is 0.0980. The number of hydrogen-bond donors (Lipinski definition) is 0. The number of nitrogens with zero attached hydrogens (tertiary/aromatic N) is 1. The average molecular weight is 363 g/mol. The average Bonchev–Trinajstić information content (AvgIpc) is 2.74. The quantitative estimate of drug-likeness (QED) is 0.705. The first-order valence-corrected chi connectivity index (χ1v) is 7.42. The topological polar surface area (TPSA) is 20.3 Å². The molecule has 1 aliphatic rings. The van der Waals surface area contributed by atoms with Crippen LogP contribution in [0.15, 0.2) is 48.5 Å². The Morgan fingerprint density at radius 3 is 2.63 bits per heavy atom. The van der Waals surface area contributed by atoms with Gasteiger partial charge in [-0.25, -0.2) is 0 Å². The summed E-state index contributed by atoms with van der Waals surface area (Å²) in [5.74, 6) is 0.0995. The molecule has 96 valence electrons. The van der Waals surface area contributed by atoms with Gasteiger partial charge in [0.2, 0.25) is 0 Å². The first-order valence-electron chi connectivity index (χ1n) is 6.34. The number of halogens is 1. The van der Waals surface area contributed by atoms with Crippen molar-refractivity contribution in [2.24, 2.45) is 0 Å². The normalized spacial score (nSPS) is 17.4. The van der Waals surface area contributed by atoms with Gasteiger partial charge >= 0.3 is 0 Å². The van der Waals surface area contributed by atoms with E-state index in [-0.39, 0.29) is 11.9 Å². The zero-order chi connectivity index (χ0) is 13.4. The largest absolute Gasteiger partial charge is 0.305 e. The van der Waals surface area contributed by atoms with Crippen molar-refractivity contribution in [3.8, 4) is 0 Å². The van der Waals surface area contributed by atoms with E-state index in [4.69, 9.17) is 0 Å². The van der Waals surface area contributed by atoms with Crippen molar-refractivity contribution in [1.82, 2.24) is 0 Å². The van der Waals surface area contributed by atoms with Gasteiger partial charge in [0.25, 0.3) is 5.91 Å². The van der Waals surface area contributed by atoms with E-state index in [0.29, 0.717) is 0 Å². The van der Waals surface area contributed by atoms with Crippen LogP contribution in [0.1, 0.15) is 22.8 Å². The Labute approximate surface area is 126 Å². The zero-order valence-electron chi connectivity index (χ0n) is 10.6. The Kier molecular flexibility index (Phi) is 3.31. The summed E-state index contributed by atoms with van der Waals surface area (Å²) in [6, 6.07) is 16.1. The highest BCUT2D eigenvalue weighted by Gasteiger charge is 2.31. The molecule has 0 saturated carbocycles. The number of anilines is 1. The molecule has 0 aromatic heterocycles. The fraction of sp³-hybridized carbons (Fsp3) is 0.188. The van der Waals surface area contributed by atoms with Crippen LogP contribution in [0.3, 0.4) is 0 Å². The van der Waals surface area contributed by atoms with Crippen LogP contribution in [-0.4, -0.2) is 11.9 Å². The van der Waals surface area contributed by atoms with Crippen LogP contribution in [-0.2, 0) is 6.42 Å². The summed E-state index contributed by atoms with van der Waals surface area (Å²) in [5, 5.41) is 0. The highest BCUT2D eigenvalue weighted by Crippen LogP contribution is 2.33. The molecule has 0 spiro atoms. The fourth-order valence-electron chi connectivity index (χ4n) is 2.64. The highest BCUT2D eigenvalue weighted by atomic mass is 127. The Hall–Kier alpha value is -1.36. The van der Waals surface area contributed by atoms with E-state index >= 15 is 0 Å². The van der Waals surface area contributed by atoms with Gasteiger partial charge in [0.1, 0.15) is 0 Å². The maximum Gasteiger partial charge on any atom is 0.259 e. The van der Waals surface area contributed by atoms with Crippen LogP contribution in [0.2, 0.25) is 0 Å². The van der Waals surface area contributed by atoms with Gasteiger partial charge in [0.05, 0.1) is 5.56 Å². The molecule has 1 unspecified atom stereocenters. The molecule has 19 heavy (non-hydrogen) atoms. The van der Waals surface area contributed by atoms with Crippen molar-refractivity contribution in [3.05, 3.63) is 63.2 Å². The van der Waals surface area contributed by atoms with Crippen molar-refractivity contribution in [1.29, 1.82) is 0 Å². The molecular formula is C16H14INO. The summed E-state index contributed by atoms with van der Waals surface area (Å²) >= 11 is 2.22. The van der Waals surface area contributed by atoms with Crippen LogP contribution in [0.5, 0.6) is 0 Å². The molecule has 3 rings (SSSR count). The maximum absolute atomic E-state index is 12.8. The summed E-state index contributed by atoms with van der Waals surface area (Å²) in [4.78, 5) is 14.7. The molecule has 2 aromatic carbocycles. The van der Waals surface area contributed by atoms with E-state index in [2.05, 4.69) is 35.6 Å². The van der Waals surface area contributed by atoms with E-state index in [1.807, 2.05) is 47.4 Å². The predicted molar refractivity (Wildman–Crippen MR) is 85.6 cm³/mol. The smallest absolute Gasteiger partial charge is 0.259 e. The molecule has 0 fully saturated rings. The second-order valence-corrected chi connectivity index (χ2v) is 6.00. The standard InChI is InChI=1S/C16H14INO/c1-11-10-12-6-2-5-9-15(12)18(11)16(19)13-7-3-4-8-14(13)17/h2-9,11H,10H2,1H3. The van der Waals surface area contributed by atoms with Crippen molar-refractivity contribution in [2.75, 3.05) is 4.90 Å². The van der Waals surface area contributed by atoms with Gasteiger partial charge in [-0.1, -0.05) is 30.3 Å². The molecule has 1 aliphatic heterocycles. The number of benzene rings is 2. The molecule has 3 heteroatoms. The van der Waals surface area contributed by atoms with Gasteiger partial charge in [0, 0.05) is 15.3 Å². The number of fused-ring (bicyclic) bond motifs is 1. The predicted octanol–water partition coefficient (Wildman–Crippen LogP) is 3.88. The minimum atomic E-state index is 0.0995. The third-order valence-corrected chi connectivity index (χ3v) is 4.47. The van der Waals surface area contributed by atoms with E-state index < -0.39 is 0 Å². The molecule has 1 heterocycles. The van der Waals surface area contributed by atoms with Gasteiger partial charge < -0.3 is 4.90 Å². The Balaban J connectivity index is 2.03. The second-order valence-electron chi connectivity index (χ2n) is 4.84. The third kappa shape index (κ3) is 2.16. The van der Waals surface area contributed by atoms with Crippen molar-refractivity contribution in [3.63, 3.8) is 0 Å².